The molecule has 0 radical (unpaired) electrons. The topological polar surface area (TPSA) is 172 Å². The molecule has 2 saturated heterocycles. The third-order valence-electron chi connectivity index (χ3n) is 11.2. The van der Waals surface area contributed by atoms with Crippen molar-refractivity contribution < 1.29 is 33.1 Å². The molecule has 7 rings (SSSR count). The lowest BCUT2D eigenvalue weighted by molar-refractivity contribution is -0.137. The van der Waals surface area contributed by atoms with Crippen LogP contribution >= 0.6 is 11.3 Å². The smallest absolute Gasteiger partial charge is 0.407 e. The lowest BCUT2D eigenvalue weighted by Crippen LogP contribution is -2.52. The maximum Gasteiger partial charge on any atom is 0.407 e. The number of aromatic amines is 1. The van der Waals surface area contributed by atoms with Gasteiger partial charge in [0.2, 0.25) is 17.7 Å². The number of alkyl carbamates (subject to hydrolysis) is 2. The Morgan fingerprint density at radius 1 is 0.825 bits per heavy atom. The number of benzene rings is 2. The van der Waals surface area contributed by atoms with Crippen LogP contribution in [0.3, 0.4) is 0 Å². The number of nitrogens with one attached hydrogen (secondary N) is 3. The van der Waals surface area contributed by atoms with Gasteiger partial charge in [0, 0.05) is 17.5 Å². The van der Waals surface area contributed by atoms with Gasteiger partial charge >= 0.3 is 12.2 Å². The third-order valence-corrected chi connectivity index (χ3v) is 12.3. The molecule has 302 valence electrons. The number of hydrogen-bond acceptors (Lipinski definition) is 10. The molecule has 5 heterocycles. The van der Waals surface area contributed by atoms with Crippen molar-refractivity contribution in [2.75, 3.05) is 20.8 Å². The molecule has 3 aromatic heterocycles. The number of likely N-dealkylation sites (tertiary alicyclic amines) is 2. The first-order valence-corrected chi connectivity index (χ1v) is 20.4. The van der Waals surface area contributed by atoms with Crippen LogP contribution in [0.1, 0.15) is 84.6 Å². The number of H-pyrrole nitrogens is 1. The maximum atomic E-state index is 13.8. The number of hydrogen-bond donors (Lipinski definition) is 3. The van der Waals surface area contributed by atoms with Gasteiger partial charge in [-0.05, 0) is 78.8 Å². The van der Waals surface area contributed by atoms with Crippen molar-refractivity contribution in [3.8, 4) is 21.6 Å². The molecule has 0 spiro atoms. The summed E-state index contributed by atoms with van der Waals surface area (Å²) in [5.41, 5.74) is 5.31. The third kappa shape index (κ3) is 7.94. The van der Waals surface area contributed by atoms with Crippen LogP contribution in [0.4, 0.5) is 9.59 Å². The summed E-state index contributed by atoms with van der Waals surface area (Å²) in [6.07, 6.45) is 1.01. The van der Waals surface area contributed by atoms with Crippen LogP contribution in [-0.4, -0.2) is 87.6 Å². The molecule has 4 amide bonds. The first kappa shape index (κ1) is 39.8. The van der Waals surface area contributed by atoms with Crippen molar-refractivity contribution in [2.45, 2.75) is 91.0 Å². The van der Waals surface area contributed by atoms with Crippen molar-refractivity contribution in [1.29, 1.82) is 0 Å². The molecule has 0 aliphatic carbocycles. The minimum absolute atomic E-state index is 0.0422. The number of aromatic nitrogens is 3. The number of nitrogens with zero attached hydrogens (tertiary/aromatic N) is 4. The van der Waals surface area contributed by atoms with E-state index in [1.807, 2.05) is 57.7 Å². The van der Waals surface area contributed by atoms with Gasteiger partial charge in [-0.1, -0.05) is 65.0 Å². The second kappa shape index (κ2) is 16.2. The number of carbonyl (C=O) groups excluding carboxylic acids is 4. The molecular weight excluding hydrogens is 747 g/mol. The molecule has 6 atom stereocenters. The molecule has 3 N–H and O–H groups in total. The van der Waals surface area contributed by atoms with E-state index >= 15 is 0 Å². The number of oxazole rings is 1. The molecule has 2 aliphatic heterocycles. The Morgan fingerprint density at radius 2 is 1.46 bits per heavy atom. The quantitative estimate of drug-likeness (QED) is 0.127. The Labute approximate surface area is 335 Å². The highest BCUT2D eigenvalue weighted by atomic mass is 32.1. The molecule has 57 heavy (non-hydrogen) atoms. The van der Waals surface area contributed by atoms with Gasteiger partial charge in [-0.3, -0.25) is 9.59 Å². The van der Waals surface area contributed by atoms with Gasteiger partial charge in [0.15, 0.2) is 5.58 Å². The zero-order valence-electron chi connectivity index (χ0n) is 33.6. The van der Waals surface area contributed by atoms with E-state index in [1.54, 1.807) is 16.2 Å². The summed E-state index contributed by atoms with van der Waals surface area (Å²) in [6.45, 7) is 12.3. The van der Waals surface area contributed by atoms with Crippen LogP contribution in [0.15, 0.2) is 52.9 Å². The van der Waals surface area contributed by atoms with Gasteiger partial charge in [0.1, 0.15) is 34.3 Å². The van der Waals surface area contributed by atoms with Crippen LogP contribution in [-0.2, 0) is 19.1 Å². The Balaban J connectivity index is 1.06. The predicted molar refractivity (Wildman–Crippen MR) is 217 cm³/mol. The van der Waals surface area contributed by atoms with E-state index in [4.69, 9.17) is 23.9 Å². The van der Waals surface area contributed by atoms with Gasteiger partial charge in [-0.25, -0.2) is 19.6 Å². The van der Waals surface area contributed by atoms with Gasteiger partial charge in [-0.2, -0.15) is 0 Å². The molecule has 0 unspecified atom stereocenters. The molecule has 15 heteroatoms. The lowest BCUT2D eigenvalue weighted by Gasteiger charge is -2.32. The number of methoxy groups -OCH3 is 2. The molecule has 5 aromatic rings. The minimum Gasteiger partial charge on any atom is -0.453 e. The Kier molecular flexibility index (Phi) is 11.3. The highest BCUT2D eigenvalue weighted by molar-refractivity contribution is 7.21. The monoisotopic (exact) mass is 797 g/mol. The van der Waals surface area contributed by atoms with Gasteiger partial charge in [0.05, 0.1) is 25.8 Å². The number of thiophene rings is 1. The highest BCUT2D eigenvalue weighted by Gasteiger charge is 2.43. The second-order valence-electron chi connectivity index (χ2n) is 16.0. The number of rotatable bonds is 10. The fourth-order valence-corrected chi connectivity index (χ4v) is 9.11. The maximum absolute atomic E-state index is 13.8. The van der Waals surface area contributed by atoms with E-state index in [2.05, 4.69) is 52.9 Å². The number of imidazole rings is 1. The molecule has 2 aliphatic rings. The fraction of sp³-hybridized carbons (Fsp3) is 0.476. The number of ether oxygens (including phenoxy) is 2. The molecule has 2 aromatic carbocycles. The number of amides is 4. The zero-order chi connectivity index (χ0) is 40.7. The summed E-state index contributed by atoms with van der Waals surface area (Å²) in [5, 5.41) is 5.42. The Morgan fingerprint density at radius 3 is 2.09 bits per heavy atom. The van der Waals surface area contributed by atoms with Gasteiger partial charge in [-0.15, -0.1) is 11.3 Å². The first-order valence-electron chi connectivity index (χ1n) is 19.6. The standard InChI is InChI=1S/C42H51N7O7S/c1-21(2)34(45-41(52)54-7)39(50)48-20-23(5)17-31(48)36-43-29-19-33(57-38(29)47-36)26-12-10-25(11-13-26)27-14-15-28-32(18-27)56-37(44-28)30-16-9-24(6)49(30)40(51)35(22(3)4)46-42(53)55-8/h10-15,18-19,21-24,30-31,34-35H,9,16-17,20H2,1-8H3,(H,43,47)(H,45,52)(H,46,53)/t23-,24+,30-,31+,34-,35-/m0/s1. The van der Waals surface area contributed by atoms with E-state index in [1.165, 1.54) is 14.2 Å². The number of carbonyl (C=O) groups is 4. The van der Waals surface area contributed by atoms with Crippen LogP contribution in [0.25, 0.3) is 43.0 Å². The molecule has 2 fully saturated rings. The van der Waals surface area contributed by atoms with Crippen molar-refractivity contribution >= 4 is 56.8 Å². The van der Waals surface area contributed by atoms with Gasteiger partial charge < -0.3 is 39.3 Å². The zero-order valence-corrected chi connectivity index (χ0v) is 34.4. The average molecular weight is 798 g/mol. The van der Waals surface area contributed by atoms with E-state index in [0.717, 1.165) is 50.6 Å². The largest absolute Gasteiger partial charge is 0.453 e. The van der Waals surface area contributed by atoms with E-state index in [9.17, 15) is 19.2 Å². The predicted octanol–water partition coefficient (Wildman–Crippen LogP) is 7.82. The summed E-state index contributed by atoms with van der Waals surface area (Å²) in [6, 6.07) is 14.3. The molecule has 0 bridgehead atoms. The van der Waals surface area contributed by atoms with Crippen molar-refractivity contribution in [3.63, 3.8) is 0 Å². The molecule has 0 saturated carbocycles. The molecule has 14 nitrogen and oxygen atoms in total. The van der Waals surface area contributed by atoms with E-state index < -0.39 is 24.3 Å². The fourth-order valence-electron chi connectivity index (χ4n) is 8.11. The second-order valence-corrected chi connectivity index (χ2v) is 17.0. The summed E-state index contributed by atoms with van der Waals surface area (Å²) >= 11 is 1.59. The van der Waals surface area contributed by atoms with E-state index in [0.29, 0.717) is 30.0 Å². The Bertz CT molecular complexity index is 2250. The number of fused-ring (bicyclic) bond motifs is 2. The summed E-state index contributed by atoms with van der Waals surface area (Å²) in [4.78, 5) is 70.4. The molecular formula is C42H51N7O7S. The Hall–Kier alpha value is -5.44. The van der Waals surface area contributed by atoms with Crippen LogP contribution < -0.4 is 10.6 Å². The van der Waals surface area contributed by atoms with Crippen molar-refractivity contribution in [2.24, 2.45) is 17.8 Å². The van der Waals surface area contributed by atoms with Crippen LogP contribution in [0.5, 0.6) is 0 Å². The SMILES string of the molecule is COC(=O)N[C@H](C(=O)N1C[C@@H](C)C[C@@H]1c1nc2sc(-c3ccc(-c4ccc5nc([C@@H]6CC[C@@H](C)N6C(=O)[C@@H](NC(=O)OC)C(C)C)oc5c4)cc3)cc2[nH]1)C(C)C. The highest BCUT2D eigenvalue weighted by Crippen LogP contribution is 2.41. The summed E-state index contributed by atoms with van der Waals surface area (Å²) < 4.78 is 15.9. The lowest BCUT2D eigenvalue weighted by atomic mass is 10.0. The van der Waals surface area contributed by atoms with E-state index in [-0.39, 0.29) is 47.7 Å². The summed E-state index contributed by atoms with van der Waals surface area (Å²) in [7, 11) is 2.58. The van der Waals surface area contributed by atoms with Crippen LogP contribution in [0.2, 0.25) is 0 Å². The average Bonchev–Trinajstić information content (AvgIpc) is 4.02. The summed E-state index contributed by atoms with van der Waals surface area (Å²) in [5.74, 6) is 0.949. The van der Waals surface area contributed by atoms with Crippen molar-refractivity contribution in [3.05, 3.63) is 60.2 Å². The minimum atomic E-state index is -0.734. The van der Waals surface area contributed by atoms with Gasteiger partial charge in [0.25, 0.3) is 0 Å². The van der Waals surface area contributed by atoms with Crippen LogP contribution in [0, 0.1) is 17.8 Å². The van der Waals surface area contributed by atoms with Crippen molar-refractivity contribution in [1.82, 2.24) is 35.4 Å². The first-order chi connectivity index (χ1) is 27.3. The normalized spacial score (nSPS) is 20.7.